The minimum atomic E-state index is -0.148. The molecule has 3 rings (SSSR count). The highest BCUT2D eigenvalue weighted by Crippen LogP contribution is 2.31. The minimum Gasteiger partial charge on any atom is -0.428 e. The van der Waals surface area contributed by atoms with Crippen LogP contribution < -0.4 is 4.74 Å². The normalized spacial score (nSPS) is 10.5. The average molecular weight is 361 g/mol. The lowest BCUT2D eigenvalue weighted by Gasteiger charge is -2.04. The van der Waals surface area contributed by atoms with Gasteiger partial charge in [0, 0.05) is 9.17 Å². The molecule has 0 unspecified atom stereocenters. The molecule has 5 heteroatoms. The Kier molecular flexibility index (Phi) is 3.86. The van der Waals surface area contributed by atoms with Crippen LogP contribution in [-0.2, 0) is 4.79 Å². The Morgan fingerprint density at radius 3 is 2.76 bits per heavy atom. The third kappa shape index (κ3) is 2.75. The number of carbonyl (C=O) groups is 2. The summed E-state index contributed by atoms with van der Waals surface area (Å²) in [6, 6.07) is 14.4. The molecular weight excluding hydrogens is 352 g/mol. The van der Waals surface area contributed by atoms with Crippen molar-refractivity contribution in [1.29, 1.82) is 0 Å². The van der Waals surface area contributed by atoms with Gasteiger partial charge in [0.2, 0.25) is 5.78 Å². The molecule has 0 aliphatic carbocycles. The lowest BCUT2D eigenvalue weighted by atomic mass is 10.1. The van der Waals surface area contributed by atoms with E-state index in [1.807, 2.05) is 24.3 Å². The van der Waals surface area contributed by atoms with Crippen molar-refractivity contribution in [2.45, 2.75) is 0 Å². The van der Waals surface area contributed by atoms with Crippen LogP contribution in [0.1, 0.15) is 15.2 Å². The van der Waals surface area contributed by atoms with Gasteiger partial charge in [-0.05, 0) is 35.7 Å². The van der Waals surface area contributed by atoms with Gasteiger partial charge in [0.05, 0.1) is 10.4 Å². The zero-order valence-corrected chi connectivity index (χ0v) is 13.1. The van der Waals surface area contributed by atoms with Crippen molar-refractivity contribution in [2.75, 3.05) is 0 Å². The maximum Gasteiger partial charge on any atom is 0.298 e. The van der Waals surface area contributed by atoms with Gasteiger partial charge >= 0.3 is 0 Å². The maximum absolute atomic E-state index is 12.6. The van der Waals surface area contributed by atoms with Crippen molar-refractivity contribution in [3.8, 4) is 5.75 Å². The number of rotatable bonds is 4. The van der Waals surface area contributed by atoms with Gasteiger partial charge in [0.15, 0.2) is 0 Å². The third-order valence-corrected chi connectivity index (χ3v) is 4.60. The SMILES string of the molecule is O=COc1ccccc1C(=O)c1cc2ccc(Br)cc2s1. The van der Waals surface area contributed by atoms with Gasteiger partial charge in [0.1, 0.15) is 5.75 Å². The second kappa shape index (κ2) is 5.79. The van der Waals surface area contributed by atoms with Crippen LogP contribution in [0.4, 0.5) is 0 Å². The van der Waals surface area contributed by atoms with Crippen LogP contribution in [0.2, 0.25) is 0 Å². The van der Waals surface area contributed by atoms with Crippen LogP contribution in [0.25, 0.3) is 10.1 Å². The van der Waals surface area contributed by atoms with Crippen molar-refractivity contribution >= 4 is 49.6 Å². The first kappa shape index (κ1) is 14.0. The molecule has 0 aliphatic heterocycles. The average Bonchev–Trinajstić information content (AvgIpc) is 2.90. The summed E-state index contributed by atoms with van der Waals surface area (Å²) in [7, 11) is 0. The maximum atomic E-state index is 12.6. The Labute approximate surface area is 133 Å². The Morgan fingerprint density at radius 1 is 1.14 bits per heavy atom. The highest BCUT2D eigenvalue weighted by Gasteiger charge is 2.17. The summed E-state index contributed by atoms with van der Waals surface area (Å²) in [4.78, 5) is 23.7. The van der Waals surface area contributed by atoms with E-state index in [1.54, 1.807) is 24.3 Å². The molecule has 0 saturated carbocycles. The molecule has 0 saturated heterocycles. The van der Waals surface area contributed by atoms with Crippen molar-refractivity contribution in [1.82, 2.24) is 0 Å². The van der Waals surface area contributed by atoms with Gasteiger partial charge in [-0.2, -0.15) is 0 Å². The van der Waals surface area contributed by atoms with E-state index >= 15 is 0 Å². The van der Waals surface area contributed by atoms with E-state index in [4.69, 9.17) is 4.74 Å². The van der Waals surface area contributed by atoms with Crippen LogP contribution in [0.15, 0.2) is 53.0 Å². The van der Waals surface area contributed by atoms with Crippen LogP contribution in [0, 0.1) is 0 Å². The molecule has 21 heavy (non-hydrogen) atoms. The van der Waals surface area contributed by atoms with Gasteiger partial charge in [-0.15, -0.1) is 11.3 Å². The Bertz CT molecular complexity index is 838. The van der Waals surface area contributed by atoms with Crippen LogP contribution in [0.3, 0.4) is 0 Å². The summed E-state index contributed by atoms with van der Waals surface area (Å²) in [6.45, 7) is 0.328. The van der Waals surface area contributed by atoms with Crippen molar-refractivity contribution in [2.24, 2.45) is 0 Å². The Balaban J connectivity index is 2.06. The van der Waals surface area contributed by atoms with Crippen molar-refractivity contribution in [3.05, 3.63) is 63.4 Å². The van der Waals surface area contributed by atoms with Gasteiger partial charge in [-0.1, -0.05) is 34.1 Å². The van der Waals surface area contributed by atoms with E-state index in [9.17, 15) is 9.59 Å². The quantitative estimate of drug-likeness (QED) is 0.510. The van der Waals surface area contributed by atoms with E-state index in [1.165, 1.54) is 11.3 Å². The highest BCUT2D eigenvalue weighted by atomic mass is 79.9. The molecule has 3 nitrogen and oxygen atoms in total. The van der Waals surface area contributed by atoms with Gasteiger partial charge < -0.3 is 4.74 Å². The highest BCUT2D eigenvalue weighted by molar-refractivity contribution is 9.10. The molecule has 0 amide bonds. The van der Waals surface area contributed by atoms with Gasteiger partial charge in [0.25, 0.3) is 6.47 Å². The number of carbonyl (C=O) groups excluding carboxylic acids is 2. The fourth-order valence-corrected chi connectivity index (χ4v) is 3.63. The number of ether oxygens (including phenoxy) is 1. The molecular formula is C16H9BrO3S. The molecule has 0 fully saturated rings. The van der Waals surface area contributed by atoms with Crippen molar-refractivity contribution in [3.63, 3.8) is 0 Å². The zero-order chi connectivity index (χ0) is 14.8. The van der Waals surface area contributed by atoms with Crippen LogP contribution in [0.5, 0.6) is 5.75 Å². The number of hydrogen-bond donors (Lipinski definition) is 0. The molecule has 0 aliphatic rings. The predicted molar refractivity (Wildman–Crippen MR) is 86.1 cm³/mol. The molecule has 1 aromatic heterocycles. The van der Waals surface area contributed by atoms with Crippen LogP contribution in [-0.4, -0.2) is 12.3 Å². The number of ketones is 1. The summed E-state index contributed by atoms with van der Waals surface area (Å²) in [5.41, 5.74) is 0.384. The fourth-order valence-electron chi connectivity index (χ4n) is 2.06. The monoisotopic (exact) mass is 360 g/mol. The minimum absolute atomic E-state index is 0.148. The standard InChI is InChI=1S/C16H9BrO3S/c17-11-6-5-10-7-15(21-14(10)8-11)16(19)12-3-1-2-4-13(12)20-9-18/h1-9H. The molecule has 0 N–H and O–H groups in total. The van der Waals surface area contributed by atoms with Crippen molar-refractivity contribution < 1.29 is 14.3 Å². The molecule has 0 spiro atoms. The predicted octanol–water partition coefficient (Wildman–Crippen LogP) is 4.43. The topological polar surface area (TPSA) is 43.4 Å². The largest absolute Gasteiger partial charge is 0.428 e. The zero-order valence-electron chi connectivity index (χ0n) is 10.7. The lowest BCUT2D eigenvalue weighted by Crippen LogP contribution is -2.02. The fraction of sp³-hybridized carbons (Fsp3) is 0. The number of benzene rings is 2. The molecule has 3 aromatic rings. The molecule has 104 valence electrons. The summed E-state index contributed by atoms with van der Waals surface area (Å²) < 4.78 is 6.87. The first-order valence-electron chi connectivity index (χ1n) is 6.12. The van der Waals surface area contributed by atoms with E-state index in [2.05, 4.69) is 15.9 Å². The van der Waals surface area contributed by atoms with E-state index < -0.39 is 0 Å². The second-order valence-corrected chi connectivity index (χ2v) is 6.33. The van der Waals surface area contributed by atoms with Gasteiger partial charge in [-0.3, -0.25) is 9.59 Å². The first-order chi connectivity index (χ1) is 10.2. The van der Waals surface area contributed by atoms with E-state index in [0.717, 1.165) is 14.6 Å². The number of para-hydroxylation sites is 1. The summed E-state index contributed by atoms with van der Waals surface area (Å²) in [5.74, 6) is 0.126. The molecule has 0 atom stereocenters. The lowest BCUT2D eigenvalue weighted by molar-refractivity contribution is -0.120. The number of hydrogen-bond acceptors (Lipinski definition) is 4. The molecule has 0 bridgehead atoms. The summed E-state index contributed by atoms with van der Waals surface area (Å²) in [6.07, 6.45) is 0. The molecule has 1 heterocycles. The smallest absolute Gasteiger partial charge is 0.298 e. The number of fused-ring (bicyclic) bond motifs is 1. The first-order valence-corrected chi connectivity index (χ1v) is 7.73. The second-order valence-electron chi connectivity index (χ2n) is 4.33. The Hall–Kier alpha value is -1.98. The van der Waals surface area contributed by atoms with Crippen LogP contribution >= 0.6 is 27.3 Å². The Morgan fingerprint density at radius 2 is 1.95 bits per heavy atom. The summed E-state index contributed by atoms with van der Waals surface area (Å²) >= 11 is 4.84. The van der Waals surface area contributed by atoms with Gasteiger partial charge in [-0.25, -0.2) is 0 Å². The summed E-state index contributed by atoms with van der Waals surface area (Å²) in [5, 5.41) is 1.01. The number of thiophene rings is 1. The van der Waals surface area contributed by atoms with E-state index in [0.29, 0.717) is 16.9 Å². The number of halogens is 1. The molecule has 0 radical (unpaired) electrons. The third-order valence-electron chi connectivity index (χ3n) is 3.01. The van der Waals surface area contributed by atoms with E-state index in [-0.39, 0.29) is 11.5 Å². The molecule has 2 aromatic carbocycles.